The Balaban J connectivity index is 1.25. The van der Waals surface area contributed by atoms with Gasteiger partial charge in [0.25, 0.3) is 5.69 Å². The van der Waals surface area contributed by atoms with Gasteiger partial charge in [0.2, 0.25) is 5.91 Å². The SMILES string of the molecule is O=C(Cc1ccc([N+](=O)[O-])cc1)N1CCN(CCn2ccnc2-c2ccccc2)CC1. The molecule has 4 rings (SSSR count). The van der Waals surface area contributed by atoms with Gasteiger partial charge in [0, 0.05) is 69.4 Å². The van der Waals surface area contributed by atoms with Gasteiger partial charge >= 0.3 is 0 Å². The molecule has 0 N–H and O–H groups in total. The zero-order valence-corrected chi connectivity index (χ0v) is 17.3. The van der Waals surface area contributed by atoms with Crippen molar-refractivity contribution < 1.29 is 9.72 Å². The van der Waals surface area contributed by atoms with Crippen molar-refractivity contribution in [2.45, 2.75) is 13.0 Å². The van der Waals surface area contributed by atoms with Gasteiger partial charge < -0.3 is 9.47 Å². The average Bonchev–Trinajstić information content (AvgIpc) is 3.27. The van der Waals surface area contributed by atoms with E-state index < -0.39 is 4.92 Å². The fourth-order valence-corrected chi connectivity index (χ4v) is 3.83. The highest BCUT2D eigenvalue weighted by molar-refractivity contribution is 5.79. The Bertz CT molecular complexity index is 1020. The van der Waals surface area contributed by atoms with E-state index in [2.05, 4.69) is 26.6 Å². The van der Waals surface area contributed by atoms with Crippen LogP contribution in [0.1, 0.15) is 5.56 Å². The van der Waals surface area contributed by atoms with E-state index in [1.807, 2.05) is 35.5 Å². The Morgan fingerprint density at radius 2 is 1.68 bits per heavy atom. The maximum atomic E-state index is 12.6. The van der Waals surface area contributed by atoms with Crippen molar-refractivity contribution in [3.05, 3.63) is 82.7 Å². The van der Waals surface area contributed by atoms with Gasteiger partial charge in [-0.3, -0.25) is 19.8 Å². The predicted molar refractivity (Wildman–Crippen MR) is 117 cm³/mol. The molecule has 1 amide bonds. The summed E-state index contributed by atoms with van der Waals surface area (Å²) in [6, 6.07) is 16.4. The quantitative estimate of drug-likeness (QED) is 0.434. The molecule has 0 radical (unpaired) electrons. The van der Waals surface area contributed by atoms with Gasteiger partial charge in [-0.05, 0) is 5.56 Å². The number of piperazine rings is 1. The van der Waals surface area contributed by atoms with E-state index in [0.29, 0.717) is 13.1 Å². The van der Waals surface area contributed by atoms with Crippen molar-refractivity contribution in [2.24, 2.45) is 0 Å². The number of benzene rings is 2. The third kappa shape index (κ3) is 5.16. The summed E-state index contributed by atoms with van der Waals surface area (Å²) in [4.78, 5) is 31.7. The smallest absolute Gasteiger partial charge is 0.269 e. The highest BCUT2D eigenvalue weighted by Gasteiger charge is 2.21. The first-order valence-corrected chi connectivity index (χ1v) is 10.4. The van der Waals surface area contributed by atoms with E-state index in [0.717, 1.165) is 43.1 Å². The standard InChI is InChI=1S/C23H25N5O3/c29-22(18-19-6-8-21(9-7-19)28(30)31)26-15-12-25(13-16-26)14-17-27-11-10-24-23(27)20-4-2-1-3-5-20/h1-11H,12-18H2. The Morgan fingerprint density at radius 3 is 2.35 bits per heavy atom. The summed E-state index contributed by atoms with van der Waals surface area (Å²) in [5.41, 5.74) is 1.94. The zero-order valence-electron chi connectivity index (χ0n) is 17.3. The monoisotopic (exact) mass is 419 g/mol. The molecule has 2 aromatic carbocycles. The van der Waals surface area contributed by atoms with E-state index in [9.17, 15) is 14.9 Å². The lowest BCUT2D eigenvalue weighted by atomic mass is 10.1. The maximum absolute atomic E-state index is 12.6. The molecule has 8 nitrogen and oxygen atoms in total. The summed E-state index contributed by atoms with van der Waals surface area (Å²) in [6.07, 6.45) is 4.11. The zero-order chi connectivity index (χ0) is 21.6. The number of hydrogen-bond acceptors (Lipinski definition) is 5. The molecule has 2 heterocycles. The molecule has 1 fully saturated rings. The number of rotatable bonds is 7. The maximum Gasteiger partial charge on any atom is 0.269 e. The van der Waals surface area contributed by atoms with E-state index >= 15 is 0 Å². The minimum atomic E-state index is -0.433. The Kier molecular flexibility index (Phi) is 6.37. The van der Waals surface area contributed by atoms with Crippen molar-refractivity contribution in [2.75, 3.05) is 32.7 Å². The average molecular weight is 419 g/mol. The lowest BCUT2D eigenvalue weighted by Gasteiger charge is -2.35. The van der Waals surface area contributed by atoms with Gasteiger partial charge in [0.15, 0.2) is 0 Å². The molecule has 1 aliphatic heterocycles. The number of carbonyl (C=O) groups is 1. The lowest BCUT2D eigenvalue weighted by molar-refractivity contribution is -0.384. The van der Waals surface area contributed by atoms with Crippen LogP contribution in [-0.4, -0.2) is 62.9 Å². The summed E-state index contributed by atoms with van der Waals surface area (Å²) >= 11 is 0. The third-order valence-corrected chi connectivity index (χ3v) is 5.63. The molecule has 0 unspecified atom stereocenters. The van der Waals surface area contributed by atoms with Gasteiger partial charge in [-0.25, -0.2) is 4.98 Å². The highest BCUT2D eigenvalue weighted by atomic mass is 16.6. The molecule has 0 aliphatic carbocycles. The van der Waals surface area contributed by atoms with E-state index in [1.165, 1.54) is 12.1 Å². The number of nitro groups is 1. The normalized spacial score (nSPS) is 14.5. The summed E-state index contributed by atoms with van der Waals surface area (Å²) < 4.78 is 2.17. The first-order valence-electron chi connectivity index (χ1n) is 10.4. The van der Waals surface area contributed by atoms with Gasteiger partial charge in [-0.1, -0.05) is 42.5 Å². The first-order chi connectivity index (χ1) is 15.1. The van der Waals surface area contributed by atoms with Crippen LogP contribution in [0.4, 0.5) is 5.69 Å². The fourth-order valence-electron chi connectivity index (χ4n) is 3.83. The van der Waals surface area contributed by atoms with Crippen LogP contribution >= 0.6 is 0 Å². The molecule has 0 bridgehead atoms. The Morgan fingerprint density at radius 1 is 0.968 bits per heavy atom. The summed E-state index contributed by atoms with van der Waals surface area (Å²) in [5.74, 6) is 1.03. The number of non-ortho nitro benzene ring substituents is 1. The molecule has 3 aromatic rings. The van der Waals surface area contributed by atoms with Gasteiger partial charge in [-0.15, -0.1) is 0 Å². The molecule has 1 aliphatic rings. The largest absolute Gasteiger partial charge is 0.340 e. The number of hydrogen-bond donors (Lipinski definition) is 0. The van der Waals surface area contributed by atoms with Gasteiger partial charge in [-0.2, -0.15) is 0 Å². The molecule has 160 valence electrons. The van der Waals surface area contributed by atoms with E-state index in [1.54, 1.807) is 12.1 Å². The predicted octanol–water partition coefficient (Wildman–Crippen LogP) is 2.85. The van der Waals surface area contributed by atoms with Crippen LogP contribution in [0.5, 0.6) is 0 Å². The Labute approximate surface area is 180 Å². The van der Waals surface area contributed by atoms with Crippen molar-refractivity contribution >= 4 is 11.6 Å². The minimum absolute atomic E-state index is 0.0399. The molecule has 0 saturated carbocycles. The van der Waals surface area contributed by atoms with Crippen LogP contribution in [0.3, 0.4) is 0 Å². The minimum Gasteiger partial charge on any atom is -0.340 e. The molecule has 0 spiro atoms. The molecular weight excluding hydrogens is 394 g/mol. The van der Waals surface area contributed by atoms with Crippen LogP contribution in [0.2, 0.25) is 0 Å². The second kappa shape index (κ2) is 9.53. The van der Waals surface area contributed by atoms with Crippen LogP contribution in [0, 0.1) is 10.1 Å². The number of nitro benzene ring substituents is 1. The van der Waals surface area contributed by atoms with Crippen molar-refractivity contribution in [3.63, 3.8) is 0 Å². The van der Waals surface area contributed by atoms with Crippen LogP contribution in [0.15, 0.2) is 67.0 Å². The second-order valence-corrected chi connectivity index (χ2v) is 7.63. The summed E-state index contributed by atoms with van der Waals surface area (Å²) in [6.45, 7) is 4.81. The molecule has 8 heteroatoms. The summed E-state index contributed by atoms with van der Waals surface area (Å²) in [7, 11) is 0. The molecule has 0 atom stereocenters. The number of carbonyl (C=O) groups excluding carboxylic acids is 1. The van der Waals surface area contributed by atoms with Crippen LogP contribution < -0.4 is 0 Å². The molecular formula is C23H25N5O3. The van der Waals surface area contributed by atoms with E-state index in [-0.39, 0.29) is 18.0 Å². The van der Waals surface area contributed by atoms with Gasteiger partial charge in [0.1, 0.15) is 5.82 Å². The number of nitrogens with zero attached hydrogens (tertiary/aromatic N) is 5. The topological polar surface area (TPSA) is 84.5 Å². The third-order valence-electron chi connectivity index (χ3n) is 5.63. The van der Waals surface area contributed by atoms with Crippen molar-refractivity contribution in [3.8, 4) is 11.4 Å². The number of amides is 1. The molecule has 1 saturated heterocycles. The van der Waals surface area contributed by atoms with E-state index in [4.69, 9.17) is 0 Å². The molecule has 1 aromatic heterocycles. The van der Waals surface area contributed by atoms with Crippen molar-refractivity contribution in [1.29, 1.82) is 0 Å². The van der Waals surface area contributed by atoms with Crippen LogP contribution in [-0.2, 0) is 17.8 Å². The van der Waals surface area contributed by atoms with Gasteiger partial charge in [0.05, 0.1) is 11.3 Å². The Hall–Kier alpha value is -3.52. The fraction of sp³-hybridized carbons (Fsp3) is 0.304. The number of imidazole rings is 1. The highest BCUT2D eigenvalue weighted by Crippen LogP contribution is 2.17. The second-order valence-electron chi connectivity index (χ2n) is 7.63. The first kappa shape index (κ1) is 20.7. The molecule has 31 heavy (non-hydrogen) atoms. The summed E-state index contributed by atoms with van der Waals surface area (Å²) in [5, 5.41) is 10.8. The van der Waals surface area contributed by atoms with Crippen molar-refractivity contribution in [1.82, 2.24) is 19.4 Å². The van der Waals surface area contributed by atoms with Crippen LogP contribution in [0.25, 0.3) is 11.4 Å². The number of aromatic nitrogens is 2. The lowest BCUT2D eigenvalue weighted by Crippen LogP contribution is -2.49.